The quantitative estimate of drug-likeness (QED) is 0.223. The zero-order chi connectivity index (χ0) is 20.5. The topological polar surface area (TPSA) is 215 Å². The lowest BCUT2D eigenvalue weighted by molar-refractivity contribution is -0.309. The molecule has 2 aliphatic rings. The van der Waals surface area contributed by atoms with Gasteiger partial charge in [-0.1, -0.05) is 0 Å². The number of hydrogen-bond donors (Lipinski definition) is 8. The van der Waals surface area contributed by atoms with Gasteiger partial charge in [-0.3, -0.25) is 4.79 Å². The Morgan fingerprint density at radius 2 is 1.81 bits per heavy atom. The summed E-state index contributed by atoms with van der Waals surface area (Å²) in [5.41, 5.74) is 0. The minimum atomic E-state index is -2.05. The zero-order valence-corrected chi connectivity index (χ0v) is 14.0. The molecule has 0 aromatic heterocycles. The normalized spacial score (nSPS) is 39.6. The molecule has 8 N–H and O–H groups in total. The fourth-order valence-electron chi connectivity index (χ4n) is 2.75. The summed E-state index contributed by atoms with van der Waals surface area (Å²) >= 11 is 0. The number of rotatable bonds is 5. The molecular weight excluding hydrogens is 374 g/mol. The van der Waals surface area contributed by atoms with Crippen molar-refractivity contribution >= 4 is 11.9 Å². The summed E-state index contributed by atoms with van der Waals surface area (Å²) in [6.07, 6.45) is -12.1. The van der Waals surface area contributed by atoms with Crippen molar-refractivity contribution in [1.82, 2.24) is 5.32 Å². The monoisotopic (exact) mass is 395 g/mol. The highest BCUT2D eigenvalue weighted by Crippen LogP contribution is 2.29. The molecule has 1 saturated heterocycles. The van der Waals surface area contributed by atoms with Crippen LogP contribution < -0.4 is 5.32 Å². The number of carboxylic acid groups (broad SMARTS) is 1. The molecule has 0 aromatic rings. The van der Waals surface area contributed by atoms with Crippen LogP contribution in [-0.2, 0) is 23.8 Å². The number of amides is 1. The Balaban J connectivity index is 2.24. The number of aliphatic carboxylic acids is 1. The predicted octanol–water partition coefficient (Wildman–Crippen LogP) is -4.12. The molecule has 0 aromatic carbocycles. The van der Waals surface area contributed by atoms with Gasteiger partial charge in [0.25, 0.3) is 0 Å². The maximum Gasteiger partial charge on any atom is 0.375 e. The number of carbonyl (C=O) groups excluding carboxylic acids is 1. The Morgan fingerprint density at radius 3 is 2.33 bits per heavy atom. The van der Waals surface area contributed by atoms with E-state index in [2.05, 4.69) is 5.32 Å². The maximum absolute atomic E-state index is 11.2. The lowest BCUT2D eigenvalue weighted by Crippen LogP contribution is -2.66. The van der Waals surface area contributed by atoms with Crippen molar-refractivity contribution in [3.63, 3.8) is 0 Å². The van der Waals surface area contributed by atoms with Crippen molar-refractivity contribution in [2.24, 2.45) is 0 Å². The van der Waals surface area contributed by atoms with E-state index >= 15 is 0 Å². The largest absolute Gasteiger partial charge is 0.506 e. The van der Waals surface area contributed by atoms with Gasteiger partial charge >= 0.3 is 5.97 Å². The van der Waals surface area contributed by atoms with Crippen LogP contribution in [0, 0.1) is 0 Å². The first-order valence-corrected chi connectivity index (χ1v) is 7.82. The highest BCUT2D eigenvalue weighted by molar-refractivity contribution is 5.85. The summed E-state index contributed by atoms with van der Waals surface area (Å²) in [5, 5.41) is 70.1. The first-order valence-electron chi connectivity index (χ1n) is 7.82. The van der Waals surface area contributed by atoms with Gasteiger partial charge in [-0.15, -0.1) is 0 Å². The van der Waals surface area contributed by atoms with E-state index in [0.717, 1.165) is 6.92 Å². The van der Waals surface area contributed by atoms with Gasteiger partial charge < -0.3 is 55.3 Å². The van der Waals surface area contributed by atoms with Gasteiger partial charge in [0, 0.05) is 6.92 Å². The van der Waals surface area contributed by atoms with Crippen LogP contribution >= 0.6 is 0 Å². The summed E-state index contributed by atoms with van der Waals surface area (Å²) in [4.78, 5) is 22.3. The Morgan fingerprint density at radius 1 is 1.19 bits per heavy atom. The first-order chi connectivity index (χ1) is 12.6. The van der Waals surface area contributed by atoms with Crippen LogP contribution in [0.2, 0.25) is 0 Å². The molecule has 1 fully saturated rings. The van der Waals surface area contributed by atoms with E-state index in [4.69, 9.17) is 19.3 Å². The van der Waals surface area contributed by atoms with Crippen LogP contribution in [0.25, 0.3) is 0 Å². The second kappa shape index (κ2) is 8.35. The molecule has 1 amide bonds. The summed E-state index contributed by atoms with van der Waals surface area (Å²) in [5.74, 6) is -4.57. The fraction of sp³-hybridized carbons (Fsp3) is 0.714. The van der Waals surface area contributed by atoms with Crippen molar-refractivity contribution in [3.05, 3.63) is 11.5 Å². The van der Waals surface area contributed by atoms with Gasteiger partial charge in [0.2, 0.25) is 18.0 Å². The molecule has 1 unspecified atom stereocenters. The summed E-state index contributed by atoms with van der Waals surface area (Å²) < 4.78 is 15.2. The van der Waals surface area contributed by atoms with Gasteiger partial charge in [-0.05, 0) is 0 Å². The Kier molecular flexibility index (Phi) is 6.59. The third-order valence-corrected chi connectivity index (χ3v) is 4.08. The van der Waals surface area contributed by atoms with Crippen LogP contribution in [0.4, 0.5) is 0 Å². The van der Waals surface area contributed by atoms with Crippen molar-refractivity contribution in [2.75, 3.05) is 6.61 Å². The Bertz CT molecular complexity index is 609. The molecule has 0 bridgehead atoms. The van der Waals surface area contributed by atoms with E-state index in [1.807, 2.05) is 0 Å². The van der Waals surface area contributed by atoms with Crippen LogP contribution in [0.3, 0.4) is 0 Å². The van der Waals surface area contributed by atoms with Crippen LogP contribution in [0.15, 0.2) is 11.5 Å². The summed E-state index contributed by atoms with van der Waals surface area (Å²) in [7, 11) is 0. The number of aliphatic hydroxyl groups excluding tert-OH is 6. The standard InChI is InChI=1S/C14H21NO12/c1-3(17)15-5-6(18)10(4(2-16)25-13(5)24)26-14-9(21)7(19)8(20)11(27-14)12(22)23/h4-7,9-10,13-14,16,18-21,24H,2H2,1H3,(H,15,17)(H,22,23)/t4-,5-,6-,7+,9-,10-,13?,14-/m1/s1. The Hall–Kier alpha value is -2.00. The fourth-order valence-corrected chi connectivity index (χ4v) is 2.75. The number of ether oxygens (including phenoxy) is 3. The molecule has 0 spiro atoms. The lowest BCUT2D eigenvalue weighted by Gasteiger charge is -2.44. The molecule has 0 aliphatic carbocycles. The molecular formula is C14H21NO12. The number of carbonyl (C=O) groups is 2. The van der Waals surface area contributed by atoms with Gasteiger partial charge in [0.05, 0.1) is 6.61 Å². The van der Waals surface area contributed by atoms with Crippen LogP contribution in [-0.4, -0.2) is 103 Å². The summed E-state index contributed by atoms with van der Waals surface area (Å²) in [6, 6.07) is -1.37. The molecule has 0 saturated carbocycles. The SMILES string of the molecule is CC(=O)N[C@H]1C(O)O[C@H](CO)[C@@H](O[C@@H]2OC(C(=O)O)=C(O)[C@H](O)[C@H]2O)[C@@H]1O. The van der Waals surface area contributed by atoms with Crippen LogP contribution in [0.1, 0.15) is 6.92 Å². The van der Waals surface area contributed by atoms with E-state index in [9.17, 15) is 40.2 Å². The van der Waals surface area contributed by atoms with E-state index in [1.54, 1.807) is 0 Å². The average molecular weight is 395 g/mol. The molecule has 13 nitrogen and oxygen atoms in total. The molecule has 0 radical (unpaired) electrons. The molecule has 2 rings (SSSR count). The van der Waals surface area contributed by atoms with E-state index in [-0.39, 0.29) is 0 Å². The Labute approximate surface area is 152 Å². The maximum atomic E-state index is 11.2. The third kappa shape index (κ3) is 4.30. The van der Waals surface area contributed by atoms with Gasteiger partial charge in [-0.25, -0.2) is 4.79 Å². The van der Waals surface area contributed by atoms with Crippen molar-refractivity contribution in [3.8, 4) is 0 Å². The van der Waals surface area contributed by atoms with E-state index < -0.39 is 79.1 Å². The molecule has 2 heterocycles. The first kappa shape index (κ1) is 21.3. The number of hydrogen-bond acceptors (Lipinski definition) is 11. The summed E-state index contributed by atoms with van der Waals surface area (Å²) in [6.45, 7) is 0.355. The van der Waals surface area contributed by atoms with Gasteiger partial charge in [0.1, 0.15) is 36.6 Å². The minimum Gasteiger partial charge on any atom is -0.506 e. The van der Waals surface area contributed by atoms with Crippen LogP contribution in [0.5, 0.6) is 0 Å². The second-order valence-corrected chi connectivity index (χ2v) is 6.01. The molecule has 27 heavy (non-hydrogen) atoms. The minimum absolute atomic E-state index is 0.617. The second-order valence-electron chi connectivity index (χ2n) is 6.01. The molecule has 154 valence electrons. The number of nitrogens with one attached hydrogen (secondary N) is 1. The van der Waals surface area contributed by atoms with Gasteiger partial charge in [0.15, 0.2) is 12.0 Å². The molecule has 13 heteroatoms. The van der Waals surface area contributed by atoms with Crippen molar-refractivity contribution in [2.45, 2.75) is 56.1 Å². The van der Waals surface area contributed by atoms with Crippen molar-refractivity contribution in [1.29, 1.82) is 0 Å². The van der Waals surface area contributed by atoms with E-state index in [0.29, 0.717) is 0 Å². The average Bonchev–Trinajstić information content (AvgIpc) is 2.60. The lowest BCUT2D eigenvalue weighted by atomic mass is 9.96. The van der Waals surface area contributed by atoms with Gasteiger partial charge in [-0.2, -0.15) is 0 Å². The molecule has 2 aliphatic heterocycles. The van der Waals surface area contributed by atoms with E-state index in [1.165, 1.54) is 0 Å². The van der Waals surface area contributed by atoms with Crippen molar-refractivity contribution < 1.29 is 59.5 Å². The smallest absolute Gasteiger partial charge is 0.375 e. The highest BCUT2D eigenvalue weighted by Gasteiger charge is 2.50. The number of aliphatic hydroxyl groups is 6. The predicted molar refractivity (Wildman–Crippen MR) is 80.6 cm³/mol. The third-order valence-electron chi connectivity index (χ3n) is 4.08. The highest BCUT2D eigenvalue weighted by atomic mass is 16.7. The number of carboxylic acids is 1. The molecule has 8 atom stereocenters. The zero-order valence-electron chi connectivity index (χ0n) is 14.0.